The first-order valence-electron chi connectivity index (χ1n) is 8.10. The predicted octanol–water partition coefficient (Wildman–Crippen LogP) is 1.04. The van der Waals surface area contributed by atoms with Crippen LogP contribution in [0, 0.1) is 0 Å². The third kappa shape index (κ3) is 2.57. The number of morpholine rings is 1. The summed E-state index contributed by atoms with van der Waals surface area (Å²) in [6, 6.07) is 10.9. The Hall–Kier alpha value is -1.67. The fourth-order valence-electron chi connectivity index (χ4n) is 3.49. The van der Waals surface area contributed by atoms with Gasteiger partial charge < -0.3 is 9.84 Å². The average Bonchev–Trinajstić information content (AvgIpc) is 2.79. The Morgan fingerprint density at radius 3 is 2.54 bits per heavy atom. The second kappa shape index (κ2) is 6.00. The number of nitrogens with zero attached hydrogens (tertiary/aromatic N) is 2. The maximum atomic E-state index is 12.9. The van der Waals surface area contributed by atoms with E-state index in [0.29, 0.717) is 30.3 Å². The van der Waals surface area contributed by atoms with Gasteiger partial charge in [0, 0.05) is 25.0 Å². The summed E-state index contributed by atoms with van der Waals surface area (Å²) in [4.78, 5) is 2.43. The van der Waals surface area contributed by atoms with Crippen molar-refractivity contribution in [3.63, 3.8) is 0 Å². The minimum Gasteiger partial charge on any atom is -0.390 e. The molecule has 0 amide bonds. The Balaban J connectivity index is 1.61. The molecule has 0 spiro atoms. The van der Waals surface area contributed by atoms with E-state index in [9.17, 15) is 13.5 Å². The van der Waals surface area contributed by atoms with Gasteiger partial charge in [0.1, 0.15) is 0 Å². The van der Waals surface area contributed by atoms with Crippen LogP contribution in [0.4, 0.5) is 5.69 Å². The van der Waals surface area contributed by atoms with Crippen molar-refractivity contribution >= 4 is 26.5 Å². The van der Waals surface area contributed by atoms with Crippen LogP contribution in [0.15, 0.2) is 41.3 Å². The maximum absolute atomic E-state index is 12.9. The molecule has 0 aromatic heterocycles. The van der Waals surface area contributed by atoms with Gasteiger partial charge in [-0.15, -0.1) is 0 Å². The van der Waals surface area contributed by atoms with E-state index >= 15 is 0 Å². The molecule has 4 rings (SSSR count). The number of aliphatic hydroxyl groups is 1. The van der Waals surface area contributed by atoms with Crippen molar-refractivity contribution in [3.8, 4) is 0 Å². The normalized spacial score (nSPS) is 21.3. The zero-order chi connectivity index (χ0) is 16.7. The Kier molecular flexibility index (Phi) is 3.96. The van der Waals surface area contributed by atoms with Crippen molar-refractivity contribution in [1.82, 2.24) is 4.90 Å². The van der Waals surface area contributed by atoms with Gasteiger partial charge in [-0.05, 0) is 17.5 Å². The molecule has 1 fully saturated rings. The molecule has 0 radical (unpaired) electrons. The molecule has 1 N–H and O–H groups in total. The lowest BCUT2D eigenvalue weighted by Crippen LogP contribution is -2.45. The third-order valence-electron chi connectivity index (χ3n) is 4.63. The van der Waals surface area contributed by atoms with Gasteiger partial charge in [-0.2, -0.15) is 0 Å². The molecular weight excluding hydrogens is 328 g/mol. The molecule has 0 bridgehead atoms. The van der Waals surface area contributed by atoms with Gasteiger partial charge in [-0.3, -0.25) is 9.21 Å². The average molecular weight is 348 g/mol. The van der Waals surface area contributed by atoms with Gasteiger partial charge in [-0.1, -0.05) is 24.3 Å². The highest BCUT2D eigenvalue weighted by Gasteiger charge is 2.36. The van der Waals surface area contributed by atoms with Gasteiger partial charge in [-0.25, -0.2) is 8.42 Å². The Morgan fingerprint density at radius 1 is 1.08 bits per heavy atom. The van der Waals surface area contributed by atoms with Crippen molar-refractivity contribution in [2.24, 2.45) is 0 Å². The molecule has 1 saturated heterocycles. The number of hydrogen-bond donors (Lipinski definition) is 1. The lowest BCUT2D eigenvalue weighted by Gasteiger charge is -2.30. The van der Waals surface area contributed by atoms with Gasteiger partial charge in [0.15, 0.2) is 0 Å². The van der Waals surface area contributed by atoms with Gasteiger partial charge in [0.05, 0.1) is 36.4 Å². The second-order valence-electron chi connectivity index (χ2n) is 6.23. The van der Waals surface area contributed by atoms with Crippen LogP contribution >= 0.6 is 0 Å². The smallest absolute Gasteiger partial charge is 0.265 e. The van der Waals surface area contributed by atoms with E-state index in [2.05, 4.69) is 4.90 Å². The largest absolute Gasteiger partial charge is 0.390 e. The van der Waals surface area contributed by atoms with E-state index in [1.807, 2.05) is 18.2 Å². The number of anilines is 1. The Labute approximate surface area is 141 Å². The number of hydrogen-bond acceptors (Lipinski definition) is 5. The van der Waals surface area contributed by atoms with Crippen LogP contribution in [0.3, 0.4) is 0 Å². The van der Waals surface area contributed by atoms with Crippen molar-refractivity contribution in [2.75, 3.05) is 43.7 Å². The third-order valence-corrected chi connectivity index (χ3v) is 6.45. The fraction of sp³-hybridized carbons (Fsp3) is 0.412. The first kappa shape index (κ1) is 15.8. The van der Waals surface area contributed by atoms with E-state index in [1.165, 1.54) is 4.31 Å². The molecule has 2 aromatic carbocycles. The molecular formula is C17H20N2O4S. The Bertz CT molecular complexity index is 857. The van der Waals surface area contributed by atoms with Crippen LogP contribution in [0.5, 0.6) is 0 Å². The van der Waals surface area contributed by atoms with Crippen LogP contribution in [0.2, 0.25) is 0 Å². The molecule has 7 heteroatoms. The zero-order valence-corrected chi connectivity index (χ0v) is 14.1. The fourth-order valence-corrected chi connectivity index (χ4v) is 5.23. The van der Waals surface area contributed by atoms with Crippen LogP contribution < -0.4 is 4.31 Å². The first-order valence-corrected chi connectivity index (χ1v) is 9.54. The molecule has 6 nitrogen and oxygen atoms in total. The van der Waals surface area contributed by atoms with Crippen LogP contribution in [-0.2, 0) is 14.8 Å². The summed E-state index contributed by atoms with van der Waals surface area (Å²) in [6.07, 6.45) is -0.748. The Morgan fingerprint density at radius 2 is 1.79 bits per heavy atom. The number of ether oxygens (including phenoxy) is 1. The molecule has 0 saturated carbocycles. The highest BCUT2D eigenvalue weighted by molar-refractivity contribution is 7.93. The molecule has 24 heavy (non-hydrogen) atoms. The van der Waals surface area contributed by atoms with E-state index in [0.717, 1.165) is 23.9 Å². The predicted molar refractivity (Wildman–Crippen MR) is 91.7 cm³/mol. The topological polar surface area (TPSA) is 70.1 Å². The molecule has 1 unspecified atom stereocenters. The highest BCUT2D eigenvalue weighted by atomic mass is 32.2. The summed E-state index contributed by atoms with van der Waals surface area (Å²) >= 11 is 0. The number of aliphatic hydroxyl groups excluding tert-OH is 1. The standard InChI is InChI=1S/C17H20N2O4S/c20-14(11-18-7-9-23-10-8-18)12-19-15-5-1-3-13-4-2-6-16(17(13)15)24(19,21)22/h1-6,14,20H,7-12H2. The molecule has 0 aliphatic carbocycles. The highest BCUT2D eigenvalue weighted by Crippen LogP contribution is 2.41. The van der Waals surface area contributed by atoms with Gasteiger partial charge >= 0.3 is 0 Å². The lowest BCUT2D eigenvalue weighted by molar-refractivity contribution is 0.0166. The van der Waals surface area contributed by atoms with Crippen molar-refractivity contribution in [2.45, 2.75) is 11.0 Å². The van der Waals surface area contributed by atoms with Gasteiger partial charge in [0.2, 0.25) is 0 Å². The number of sulfonamides is 1. The van der Waals surface area contributed by atoms with Crippen LogP contribution in [0.25, 0.3) is 10.8 Å². The summed E-state index contributed by atoms with van der Waals surface area (Å²) < 4.78 is 32.4. The van der Waals surface area contributed by atoms with Crippen molar-refractivity contribution in [3.05, 3.63) is 36.4 Å². The summed E-state index contributed by atoms with van der Waals surface area (Å²) in [7, 11) is -3.60. The van der Waals surface area contributed by atoms with E-state index < -0.39 is 16.1 Å². The second-order valence-corrected chi connectivity index (χ2v) is 8.07. The molecule has 128 valence electrons. The lowest BCUT2D eigenvalue weighted by atomic mass is 10.1. The minimum atomic E-state index is -3.60. The molecule has 2 aromatic rings. The number of benzene rings is 2. The van der Waals surface area contributed by atoms with E-state index in [4.69, 9.17) is 4.74 Å². The molecule has 2 aliphatic rings. The van der Waals surface area contributed by atoms with E-state index in [-0.39, 0.29) is 6.54 Å². The van der Waals surface area contributed by atoms with Gasteiger partial charge in [0.25, 0.3) is 10.0 Å². The molecule has 2 aliphatic heterocycles. The number of β-amino-alcohol motifs (C(OH)–C–C–N with tert-alkyl or cyclic N) is 1. The van der Waals surface area contributed by atoms with E-state index in [1.54, 1.807) is 18.2 Å². The summed E-state index contributed by atoms with van der Waals surface area (Å²) in [5, 5.41) is 12.1. The first-order chi connectivity index (χ1) is 11.6. The molecule has 2 heterocycles. The van der Waals surface area contributed by atoms with Crippen molar-refractivity contribution < 1.29 is 18.3 Å². The van der Waals surface area contributed by atoms with Crippen LogP contribution in [-0.4, -0.2) is 63.9 Å². The minimum absolute atomic E-state index is 0.0630. The zero-order valence-electron chi connectivity index (χ0n) is 13.3. The number of rotatable bonds is 4. The summed E-state index contributed by atoms with van der Waals surface area (Å²) in [6.45, 7) is 3.34. The summed E-state index contributed by atoms with van der Waals surface area (Å²) in [5.74, 6) is 0. The molecule has 1 atom stereocenters. The maximum Gasteiger partial charge on any atom is 0.265 e. The quantitative estimate of drug-likeness (QED) is 0.894. The summed E-state index contributed by atoms with van der Waals surface area (Å²) in [5.41, 5.74) is 0.657. The SMILES string of the molecule is O=S1(=O)c2cccc3cccc(c23)N1CC(O)CN1CCOCC1. The monoisotopic (exact) mass is 348 g/mol. The van der Waals surface area contributed by atoms with Crippen molar-refractivity contribution in [1.29, 1.82) is 0 Å². The van der Waals surface area contributed by atoms with Crippen LogP contribution in [0.1, 0.15) is 0 Å².